The van der Waals surface area contributed by atoms with E-state index in [4.69, 9.17) is 15.2 Å². The Labute approximate surface area is 134 Å². The second-order valence-corrected chi connectivity index (χ2v) is 5.82. The van der Waals surface area contributed by atoms with Crippen molar-refractivity contribution in [2.75, 3.05) is 7.11 Å². The van der Waals surface area contributed by atoms with E-state index in [9.17, 15) is 0 Å². The average Bonchev–Trinajstić information content (AvgIpc) is 2.50. The van der Waals surface area contributed by atoms with Crippen LogP contribution < -0.4 is 15.2 Å². The van der Waals surface area contributed by atoms with Gasteiger partial charge in [0, 0.05) is 16.6 Å². The van der Waals surface area contributed by atoms with Gasteiger partial charge in [0.1, 0.15) is 17.2 Å². The third-order valence-electron chi connectivity index (χ3n) is 3.30. The Morgan fingerprint density at radius 3 is 2.62 bits per heavy atom. The minimum absolute atomic E-state index is 0.131. The van der Waals surface area contributed by atoms with Gasteiger partial charge in [-0.2, -0.15) is 0 Å². The Kier molecular flexibility index (Phi) is 5.65. The van der Waals surface area contributed by atoms with Crippen molar-refractivity contribution in [3.05, 3.63) is 52.5 Å². The van der Waals surface area contributed by atoms with Gasteiger partial charge in [0.25, 0.3) is 0 Å². The number of rotatable bonds is 6. The molecule has 0 aliphatic heterocycles. The predicted octanol–water partition coefficient (Wildman–Crippen LogP) is 4.53. The highest BCUT2D eigenvalue weighted by atomic mass is 79.9. The number of halogens is 1. The van der Waals surface area contributed by atoms with Crippen molar-refractivity contribution in [3.8, 4) is 17.2 Å². The molecule has 0 fully saturated rings. The van der Waals surface area contributed by atoms with Crippen LogP contribution in [0.3, 0.4) is 0 Å². The summed E-state index contributed by atoms with van der Waals surface area (Å²) >= 11 is 3.50. The standard InChI is InChI=1S/C17H20BrNO2/c1-3-14(19)10-12-9-13(18)7-8-17(12)21-16-6-4-5-15(11-16)20-2/h4-9,11,14H,3,10,19H2,1-2H3. The van der Waals surface area contributed by atoms with Crippen molar-refractivity contribution in [1.29, 1.82) is 0 Å². The summed E-state index contributed by atoms with van der Waals surface area (Å²) in [5, 5.41) is 0. The molecule has 21 heavy (non-hydrogen) atoms. The van der Waals surface area contributed by atoms with Gasteiger partial charge in [-0.3, -0.25) is 0 Å². The van der Waals surface area contributed by atoms with Crippen molar-refractivity contribution in [1.82, 2.24) is 0 Å². The summed E-state index contributed by atoms with van der Waals surface area (Å²) in [5.41, 5.74) is 7.17. The van der Waals surface area contributed by atoms with E-state index in [-0.39, 0.29) is 6.04 Å². The van der Waals surface area contributed by atoms with Gasteiger partial charge >= 0.3 is 0 Å². The van der Waals surface area contributed by atoms with Crippen LogP contribution in [0.15, 0.2) is 46.9 Å². The molecule has 0 bridgehead atoms. The minimum atomic E-state index is 0.131. The SMILES string of the molecule is CCC(N)Cc1cc(Br)ccc1Oc1cccc(OC)c1. The number of hydrogen-bond acceptors (Lipinski definition) is 3. The molecule has 2 N–H and O–H groups in total. The lowest BCUT2D eigenvalue weighted by Gasteiger charge is -2.15. The van der Waals surface area contributed by atoms with E-state index in [0.29, 0.717) is 0 Å². The summed E-state index contributed by atoms with van der Waals surface area (Å²) in [4.78, 5) is 0. The Morgan fingerprint density at radius 1 is 1.14 bits per heavy atom. The van der Waals surface area contributed by atoms with E-state index < -0.39 is 0 Å². The van der Waals surface area contributed by atoms with E-state index in [1.807, 2.05) is 36.4 Å². The number of methoxy groups -OCH3 is 1. The summed E-state index contributed by atoms with van der Waals surface area (Å²) < 4.78 is 12.2. The first-order chi connectivity index (χ1) is 10.1. The third-order valence-corrected chi connectivity index (χ3v) is 3.79. The normalized spacial score (nSPS) is 12.0. The van der Waals surface area contributed by atoms with E-state index in [0.717, 1.165) is 40.1 Å². The zero-order chi connectivity index (χ0) is 15.2. The molecule has 2 aromatic rings. The first-order valence-corrected chi connectivity index (χ1v) is 7.77. The summed E-state index contributed by atoms with van der Waals surface area (Å²) in [7, 11) is 1.64. The lowest BCUT2D eigenvalue weighted by molar-refractivity contribution is 0.408. The Hall–Kier alpha value is -1.52. The molecule has 0 aliphatic carbocycles. The minimum Gasteiger partial charge on any atom is -0.497 e. The fourth-order valence-electron chi connectivity index (χ4n) is 2.03. The summed E-state index contributed by atoms with van der Waals surface area (Å²) in [6, 6.07) is 13.7. The predicted molar refractivity (Wildman–Crippen MR) is 89.2 cm³/mol. The van der Waals surface area contributed by atoms with E-state index in [1.165, 1.54) is 0 Å². The lowest BCUT2D eigenvalue weighted by atomic mass is 10.0. The molecule has 0 saturated heterocycles. The van der Waals surface area contributed by atoms with Gasteiger partial charge in [0.15, 0.2) is 0 Å². The second kappa shape index (κ2) is 7.48. The Morgan fingerprint density at radius 2 is 1.90 bits per heavy atom. The Balaban J connectivity index is 2.25. The fourth-order valence-corrected chi connectivity index (χ4v) is 2.43. The first-order valence-electron chi connectivity index (χ1n) is 6.98. The Bertz CT molecular complexity index is 601. The zero-order valence-electron chi connectivity index (χ0n) is 12.3. The topological polar surface area (TPSA) is 44.5 Å². The monoisotopic (exact) mass is 349 g/mol. The highest BCUT2D eigenvalue weighted by Crippen LogP contribution is 2.30. The third kappa shape index (κ3) is 4.48. The molecule has 2 rings (SSSR count). The molecule has 0 heterocycles. The van der Waals surface area contributed by atoms with Gasteiger partial charge in [-0.1, -0.05) is 28.9 Å². The summed E-state index contributed by atoms with van der Waals surface area (Å²) in [6.07, 6.45) is 1.72. The van der Waals surface area contributed by atoms with Crippen molar-refractivity contribution in [2.24, 2.45) is 5.73 Å². The maximum absolute atomic E-state index is 6.07. The quantitative estimate of drug-likeness (QED) is 0.833. The van der Waals surface area contributed by atoms with E-state index >= 15 is 0 Å². The van der Waals surface area contributed by atoms with Crippen molar-refractivity contribution >= 4 is 15.9 Å². The van der Waals surface area contributed by atoms with Crippen LogP contribution in [0.1, 0.15) is 18.9 Å². The van der Waals surface area contributed by atoms with Gasteiger partial charge in [-0.15, -0.1) is 0 Å². The van der Waals surface area contributed by atoms with Crippen molar-refractivity contribution < 1.29 is 9.47 Å². The number of nitrogens with two attached hydrogens (primary N) is 1. The lowest BCUT2D eigenvalue weighted by Crippen LogP contribution is -2.21. The smallest absolute Gasteiger partial charge is 0.131 e. The zero-order valence-corrected chi connectivity index (χ0v) is 13.9. The molecule has 4 heteroatoms. The van der Waals surface area contributed by atoms with E-state index in [1.54, 1.807) is 7.11 Å². The van der Waals surface area contributed by atoms with Crippen LogP contribution in [-0.4, -0.2) is 13.2 Å². The molecule has 0 radical (unpaired) electrons. The highest BCUT2D eigenvalue weighted by Gasteiger charge is 2.10. The molecule has 0 amide bonds. The molecule has 2 aromatic carbocycles. The van der Waals surface area contributed by atoms with Gasteiger partial charge in [-0.05, 0) is 48.7 Å². The average molecular weight is 350 g/mol. The molecule has 0 aliphatic rings. The molecular formula is C17H20BrNO2. The largest absolute Gasteiger partial charge is 0.497 e. The van der Waals surface area contributed by atoms with E-state index in [2.05, 4.69) is 28.9 Å². The highest BCUT2D eigenvalue weighted by molar-refractivity contribution is 9.10. The van der Waals surface area contributed by atoms with Crippen LogP contribution in [0, 0.1) is 0 Å². The molecule has 1 atom stereocenters. The van der Waals surface area contributed by atoms with Gasteiger partial charge in [0.05, 0.1) is 7.11 Å². The number of ether oxygens (including phenoxy) is 2. The fraction of sp³-hybridized carbons (Fsp3) is 0.294. The molecule has 0 spiro atoms. The van der Waals surface area contributed by atoms with Crippen LogP contribution in [0.4, 0.5) is 0 Å². The van der Waals surface area contributed by atoms with Crippen molar-refractivity contribution in [2.45, 2.75) is 25.8 Å². The summed E-state index contributed by atoms with van der Waals surface area (Å²) in [5.74, 6) is 2.36. The van der Waals surface area contributed by atoms with Crippen LogP contribution in [0.5, 0.6) is 17.2 Å². The maximum Gasteiger partial charge on any atom is 0.131 e. The molecule has 112 valence electrons. The first kappa shape index (κ1) is 15.9. The van der Waals surface area contributed by atoms with Gasteiger partial charge < -0.3 is 15.2 Å². The molecule has 1 unspecified atom stereocenters. The van der Waals surface area contributed by atoms with Crippen LogP contribution in [-0.2, 0) is 6.42 Å². The molecule has 0 aromatic heterocycles. The van der Waals surface area contributed by atoms with Gasteiger partial charge in [0.2, 0.25) is 0 Å². The van der Waals surface area contributed by atoms with Crippen molar-refractivity contribution in [3.63, 3.8) is 0 Å². The summed E-state index contributed by atoms with van der Waals surface area (Å²) in [6.45, 7) is 2.09. The van der Waals surface area contributed by atoms with Gasteiger partial charge in [-0.25, -0.2) is 0 Å². The van der Waals surface area contributed by atoms with Crippen LogP contribution >= 0.6 is 15.9 Å². The maximum atomic E-state index is 6.07. The molecular weight excluding hydrogens is 330 g/mol. The molecule has 3 nitrogen and oxygen atoms in total. The van der Waals surface area contributed by atoms with Crippen LogP contribution in [0.25, 0.3) is 0 Å². The van der Waals surface area contributed by atoms with Crippen LogP contribution in [0.2, 0.25) is 0 Å². The second-order valence-electron chi connectivity index (χ2n) is 4.91. The number of benzene rings is 2. The number of hydrogen-bond donors (Lipinski definition) is 1. The molecule has 0 saturated carbocycles.